The minimum Gasteiger partial charge on any atom is -0.489 e. The van der Waals surface area contributed by atoms with Gasteiger partial charge in [0.05, 0.1) is 18.4 Å². The van der Waals surface area contributed by atoms with Crippen LogP contribution in [0.2, 0.25) is 0 Å². The van der Waals surface area contributed by atoms with E-state index in [0.717, 1.165) is 11.1 Å². The average molecular weight is 373 g/mol. The number of fused-ring (bicyclic) bond motifs is 3. The summed E-state index contributed by atoms with van der Waals surface area (Å²) in [6.07, 6.45) is 9.66. The van der Waals surface area contributed by atoms with Crippen LogP contribution in [0.15, 0.2) is 48.9 Å². The largest absolute Gasteiger partial charge is 0.489 e. The Kier molecular flexibility index (Phi) is 3.72. The van der Waals surface area contributed by atoms with Crippen molar-refractivity contribution in [2.24, 2.45) is 0 Å². The minimum atomic E-state index is -0.382. The second-order valence-corrected chi connectivity index (χ2v) is 6.55. The zero-order valence-electron chi connectivity index (χ0n) is 14.7. The van der Waals surface area contributed by atoms with Gasteiger partial charge in [-0.25, -0.2) is 14.5 Å². The van der Waals surface area contributed by atoms with Crippen molar-refractivity contribution in [3.63, 3.8) is 0 Å². The number of nitrogens with zero attached hydrogens (tertiary/aromatic N) is 5. The number of hydrogen-bond acceptors (Lipinski definition) is 6. The standard InChI is InChI=1S/C20H15N5O3/c1-2-15-5-3-14(10-21-15)13-4-6-16-18(9-13)27-12-17-19(28-20(26)25(16)17)11-24-8-7-22-23-24/h1,3-10,17,19H,11-12H2/t17-,19-/m0/s1. The van der Waals surface area contributed by atoms with Crippen LogP contribution < -0.4 is 9.64 Å². The smallest absolute Gasteiger partial charge is 0.415 e. The van der Waals surface area contributed by atoms with Crippen LogP contribution in [-0.4, -0.2) is 44.8 Å². The summed E-state index contributed by atoms with van der Waals surface area (Å²) in [5.74, 6) is 3.13. The lowest BCUT2D eigenvalue weighted by Crippen LogP contribution is -2.45. The number of terminal acetylenes is 1. The topological polar surface area (TPSA) is 82.4 Å². The second-order valence-electron chi connectivity index (χ2n) is 6.55. The van der Waals surface area contributed by atoms with Crippen LogP contribution >= 0.6 is 0 Å². The van der Waals surface area contributed by atoms with Crippen molar-refractivity contribution >= 4 is 11.8 Å². The van der Waals surface area contributed by atoms with Gasteiger partial charge in [0, 0.05) is 18.0 Å². The average Bonchev–Trinajstić information content (AvgIpc) is 3.36. The number of amides is 1. The van der Waals surface area contributed by atoms with E-state index in [1.807, 2.05) is 24.3 Å². The molecule has 0 spiro atoms. The Morgan fingerprint density at radius 1 is 1.25 bits per heavy atom. The molecule has 0 N–H and O–H groups in total. The van der Waals surface area contributed by atoms with Crippen molar-refractivity contribution in [2.45, 2.75) is 18.7 Å². The van der Waals surface area contributed by atoms with Crippen molar-refractivity contribution < 1.29 is 14.3 Å². The molecule has 0 radical (unpaired) electrons. The molecule has 2 aliphatic rings. The van der Waals surface area contributed by atoms with Crippen molar-refractivity contribution in [1.82, 2.24) is 20.0 Å². The van der Waals surface area contributed by atoms with E-state index in [0.29, 0.717) is 30.3 Å². The van der Waals surface area contributed by atoms with E-state index >= 15 is 0 Å². The van der Waals surface area contributed by atoms with Crippen LogP contribution in [0.25, 0.3) is 11.1 Å². The second kappa shape index (κ2) is 6.39. The summed E-state index contributed by atoms with van der Waals surface area (Å²) in [6, 6.07) is 9.18. The molecule has 3 aromatic rings. The van der Waals surface area contributed by atoms with Crippen LogP contribution in [0.5, 0.6) is 5.75 Å². The third-order valence-electron chi connectivity index (χ3n) is 4.92. The van der Waals surface area contributed by atoms with E-state index < -0.39 is 0 Å². The number of benzene rings is 1. The molecule has 0 unspecified atom stereocenters. The highest BCUT2D eigenvalue weighted by Gasteiger charge is 2.46. The highest BCUT2D eigenvalue weighted by Crippen LogP contribution is 2.41. The Balaban J connectivity index is 1.43. The molecule has 2 aromatic heterocycles. The van der Waals surface area contributed by atoms with E-state index in [-0.39, 0.29) is 18.2 Å². The summed E-state index contributed by atoms with van der Waals surface area (Å²) in [5, 5.41) is 7.73. The molecular formula is C20H15N5O3. The lowest BCUT2D eigenvalue weighted by molar-refractivity contribution is 0.106. The molecule has 1 amide bonds. The first-order valence-corrected chi connectivity index (χ1v) is 8.77. The maximum Gasteiger partial charge on any atom is 0.415 e. The fourth-order valence-corrected chi connectivity index (χ4v) is 3.53. The van der Waals surface area contributed by atoms with Crippen molar-refractivity contribution in [2.75, 3.05) is 11.5 Å². The third-order valence-corrected chi connectivity index (χ3v) is 4.92. The number of rotatable bonds is 3. The van der Waals surface area contributed by atoms with Crippen molar-refractivity contribution in [1.29, 1.82) is 0 Å². The summed E-state index contributed by atoms with van der Waals surface area (Å²) < 4.78 is 13.2. The molecule has 0 bridgehead atoms. The monoisotopic (exact) mass is 373 g/mol. The van der Waals surface area contributed by atoms with Crippen molar-refractivity contribution in [3.8, 4) is 29.2 Å². The zero-order valence-corrected chi connectivity index (χ0v) is 14.7. The zero-order chi connectivity index (χ0) is 19.1. The lowest BCUT2D eigenvalue weighted by atomic mass is 10.0. The van der Waals surface area contributed by atoms with Gasteiger partial charge in [-0.1, -0.05) is 23.3 Å². The molecule has 1 aromatic carbocycles. The molecule has 1 saturated heterocycles. The number of aromatic nitrogens is 4. The fraction of sp³-hybridized carbons (Fsp3) is 0.200. The Bertz CT molecular complexity index is 1070. The van der Waals surface area contributed by atoms with E-state index in [1.165, 1.54) is 0 Å². The van der Waals surface area contributed by atoms with Crippen LogP contribution in [0.1, 0.15) is 5.69 Å². The molecular weight excluding hydrogens is 358 g/mol. The number of cyclic esters (lactones) is 1. The van der Waals surface area contributed by atoms with Gasteiger partial charge >= 0.3 is 6.09 Å². The van der Waals surface area contributed by atoms with Gasteiger partial charge in [-0.05, 0) is 23.8 Å². The maximum atomic E-state index is 12.5. The predicted octanol–water partition coefficient (Wildman–Crippen LogP) is 2.11. The quantitative estimate of drug-likeness (QED) is 0.654. The van der Waals surface area contributed by atoms with Crippen LogP contribution in [0.4, 0.5) is 10.5 Å². The van der Waals surface area contributed by atoms with Gasteiger partial charge < -0.3 is 9.47 Å². The number of anilines is 1. The Morgan fingerprint density at radius 2 is 2.14 bits per heavy atom. The molecule has 4 heterocycles. The first kappa shape index (κ1) is 16.3. The first-order chi connectivity index (χ1) is 13.7. The van der Waals surface area contributed by atoms with Crippen LogP contribution in [0.3, 0.4) is 0 Å². The third kappa shape index (κ3) is 2.65. The Hall–Kier alpha value is -3.86. The lowest BCUT2D eigenvalue weighted by Gasteiger charge is -2.31. The van der Waals surface area contributed by atoms with E-state index in [2.05, 4.69) is 21.2 Å². The number of hydrogen-bond donors (Lipinski definition) is 0. The van der Waals surface area contributed by atoms with Gasteiger partial charge in [0.15, 0.2) is 0 Å². The summed E-state index contributed by atoms with van der Waals surface area (Å²) >= 11 is 0. The summed E-state index contributed by atoms with van der Waals surface area (Å²) in [4.78, 5) is 18.4. The van der Waals surface area contributed by atoms with Gasteiger partial charge in [-0.2, -0.15) is 0 Å². The fourth-order valence-electron chi connectivity index (χ4n) is 3.53. The predicted molar refractivity (Wildman–Crippen MR) is 99.7 cm³/mol. The molecule has 5 rings (SSSR count). The van der Waals surface area contributed by atoms with Crippen LogP contribution in [-0.2, 0) is 11.3 Å². The normalized spacial score (nSPS) is 20.0. The van der Waals surface area contributed by atoms with Gasteiger partial charge in [-0.15, -0.1) is 11.5 Å². The van der Waals surface area contributed by atoms with Gasteiger partial charge in [-0.3, -0.25) is 4.90 Å². The first-order valence-electron chi connectivity index (χ1n) is 8.77. The SMILES string of the molecule is C#Cc1ccc(-c2ccc3c(c2)OC[C@H]2[C@H](Cn4ccnn4)OC(=O)N32)cn1. The van der Waals surface area contributed by atoms with Gasteiger partial charge in [0.1, 0.15) is 30.2 Å². The minimum absolute atomic E-state index is 0.216. The number of ether oxygens (including phenoxy) is 2. The van der Waals surface area contributed by atoms with Crippen molar-refractivity contribution in [3.05, 3.63) is 54.6 Å². The van der Waals surface area contributed by atoms with E-state index in [9.17, 15) is 4.79 Å². The molecule has 138 valence electrons. The maximum absolute atomic E-state index is 12.5. The van der Waals surface area contributed by atoms with Gasteiger partial charge in [0.2, 0.25) is 0 Å². The number of carbonyl (C=O) groups excluding carboxylic acids is 1. The number of carbonyl (C=O) groups is 1. The molecule has 8 nitrogen and oxygen atoms in total. The summed E-state index contributed by atoms with van der Waals surface area (Å²) in [5.41, 5.74) is 3.12. The van der Waals surface area contributed by atoms with Gasteiger partial charge in [0.25, 0.3) is 0 Å². The molecule has 0 aliphatic carbocycles. The van der Waals surface area contributed by atoms with E-state index in [1.54, 1.807) is 34.2 Å². The van der Waals surface area contributed by atoms with E-state index in [4.69, 9.17) is 15.9 Å². The molecule has 1 fully saturated rings. The molecule has 28 heavy (non-hydrogen) atoms. The van der Waals surface area contributed by atoms with Crippen LogP contribution in [0, 0.1) is 12.3 Å². The Labute approximate surface area is 160 Å². The Morgan fingerprint density at radius 3 is 2.89 bits per heavy atom. The molecule has 0 saturated carbocycles. The highest BCUT2D eigenvalue weighted by molar-refractivity contribution is 5.94. The molecule has 2 atom stereocenters. The number of pyridine rings is 1. The molecule has 8 heteroatoms. The summed E-state index contributed by atoms with van der Waals surface area (Å²) in [7, 11) is 0. The highest BCUT2D eigenvalue weighted by atomic mass is 16.6. The summed E-state index contributed by atoms with van der Waals surface area (Å²) in [6.45, 7) is 0.771. The molecule has 2 aliphatic heterocycles.